The van der Waals surface area contributed by atoms with E-state index in [0.29, 0.717) is 0 Å². The first-order valence-corrected chi connectivity index (χ1v) is 6.57. The molecule has 2 N–H and O–H groups in total. The molecule has 19 heavy (non-hydrogen) atoms. The number of nitrogens with zero attached hydrogens (tertiary/aromatic N) is 2. The maximum atomic E-state index is 11.8. The van der Waals surface area contributed by atoms with Crippen molar-refractivity contribution in [1.29, 1.82) is 0 Å². The third-order valence-corrected chi connectivity index (χ3v) is 3.06. The lowest BCUT2D eigenvalue weighted by Crippen LogP contribution is -2.42. The molecule has 1 aromatic rings. The molecular formula is C13H22N4O2. The fraction of sp³-hybridized carbons (Fsp3) is 0.692. The topological polar surface area (TPSA) is 68.2 Å². The Balaban J connectivity index is 2.00. The molecule has 1 saturated heterocycles. The summed E-state index contributed by atoms with van der Waals surface area (Å²) < 4.78 is 7.26. The average molecular weight is 266 g/mol. The van der Waals surface area contributed by atoms with Crippen LogP contribution in [-0.4, -0.2) is 33.8 Å². The van der Waals surface area contributed by atoms with Gasteiger partial charge in [0.2, 0.25) is 0 Å². The molecular weight excluding hydrogens is 244 g/mol. The third kappa shape index (κ3) is 3.47. The van der Waals surface area contributed by atoms with Gasteiger partial charge in [-0.2, -0.15) is 0 Å². The zero-order valence-electron chi connectivity index (χ0n) is 11.9. The number of carbonyl (C=O) groups is 1. The minimum atomic E-state index is -0.477. The van der Waals surface area contributed by atoms with Crippen LogP contribution in [0.3, 0.4) is 0 Å². The summed E-state index contributed by atoms with van der Waals surface area (Å²) in [5.41, 5.74) is -0.477. The molecule has 1 aromatic heterocycles. The Bertz CT molecular complexity index is 450. The van der Waals surface area contributed by atoms with Crippen LogP contribution in [0.1, 0.15) is 39.1 Å². The van der Waals surface area contributed by atoms with Gasteiger partial charge in [-0.3, -0.25) is 0 Å². The van der Waals surface area contributed by atoms with Crippen LogP contribution in [0.4, 0.5) is 4.79 Å². The molecule has 2 heterocycles. The van der Waals surface area contributed by atoms with Crippen molar-refractivity contribution in [2.75, 3.05) is 6.54 Å². The number of amides is 1. The van der Waals surface area contributed by atoms with Gasteiger partial charge in [-0.25, -0.2) is 9.78 Å². The summed E-state index contributed by atoms with van der Waals surface area (Å²) in [6, 6.07) is 0.0449. The Morgan fingerprint density at radius 2 is 2.32 bits per heavy atom. The number of aromatic nitrogens is 2. The Kier molecular flexibility index (Phi) is 3.80. The van der Waals surface area contributed by atoms with E-state index in [1.807, 2.05) is 38.6 Å². The summed E-state index contributed by atoms with van der Waals surface area (Å²) in [5.74, 6) is 0.929. The second-order valence-corrected chi connectivity index (χ2v) is 5.87. The molecule has 6 nitrogen and oxygen atoms in total. The number of hydrogen-bond donors (Lipinski definition) is 2. The summed E-state index contributed by atoms with van der Waals surface area (Å²) in [6.45, 7) is 6.43. The molecule has 0 radical (unpaired) electrons. The molecule has 1 amide bonds. The van der Waals surface area contributed by atoms with E-state index < -0.39 is 5.60 Å². The molecule has 6 heteroatoms. The number of alkyl carbamates (subject to hydrolysis) is 1. The highest BCUT2D eigenvalue weighted by molar-refractivity contribution is 5.68. The predicted molar refractivity (Wildman–Crippen MR) is 71.7 cm³/mol. The van der Waals surface area contributed by atoms with E-state index in [2.05, 4.69) is 15.6 Å². The molecule has 0 spiro atoms. The molecule has 106 valence electrons. The van der Waals surface area contributed by atoms with Crippen molar-refractivity contribution >= 4 is 6.09 Å². The molecule has 1 fully saturated rings. The molecule has 2 rings (SSSR count). The highest BCUT2D eigenvalue weighted by Crippen LogP contribution is 2.22. The highest BCUT2D eigenvalue weighted by atomic mass is 16.6. The second-order valence-electron chi connectivity index (χ2n) is 5.87. The van der Waals surface area contributed by atoms with Gasteiger partial charge in [0.05, 0.1) is 12.1 Å². The number of nitrogens with one attached hydrogen (secondary N) is 2. The van der Waals surface area contributed by atoms with Crippen molar-refractivity contribution in [3.63, 3.8) is 0 Å². The molecule has 1 aliphatic heterocycles. The van der Waals surface area contributed by atoms with Crippen LogP contribution in [0.15, 0.2) is 12.4 Å². The van der Waals surface area contributed by atoms with E-state index in [1.54, 1.807) is 6.20 Å². The first-order valence-electron chi connectivity index (χ1n) is 6.57. The minimum Gasteiger partial charge on any atom is -0.444 e. The molecule has 2 atom stereocenters. The lowest BCUT2D eigenvalue weighted by molar-refractivity contribution is 0.0499. The zero-order chi connectivity index (χ0) is 14.0. The lowest BCUT2D eigenvalue weighted by Gasteiger charge is -2.24. The third-order valence-electron chi connectivity index (χ3n) is 3.06. The van der Waals surface area contributed by atoms with Gasteiger partial charge in [-0.1, -0.05) is 0 Å². The lowest BCUT2D eigenvalue weighted by atomic mass is 10.1. The molecule has 0 bridgehead atoms. The Hall–Kier alpha value is -1.56. The smallest absolute Gasteiger partial charge is 0.407 e. The normalized spacial score (nSPS) is 23.4. The largest absolute Gasteiger partial charge is 0.444 e. The monoisotopic (exact) mass is 266 g/mol. The van der Waals surface area contributed by atoms with Crippen LogP contribution >= 0.6 is 0 Å². The Morgan fingerprint density at radius 3 is 2.89 bits per heavy atom. The number of imidazole rings is 1. The van der Waals surface area contributed by atoms with Crippen molar-refractivity contribution in [2.45, 2.75) is 44.9 Å². The average Bonchev–Trinajstić information content (AvgIpc) is 2.83. The molecule has 0 saturated carbocycles. The fourth-order valence-electron chi connectivity index (χ4n) is 2.27. The zero-order valence-corrected chi connectivity index (χ0v) is 11.9. The highest BCUT2D eigenvalue weighted by Gasteiger charge is 2.33. The quantitative estimate of drug-likeness (QED) is 0.848. The van der Waals surface area contributed by atoms with Crippen molar-refractivity contribution in [3.05, 3.63) is 18.2 Å². The maximum absolute atomic E-state index is 11.8. The van der Waals surface area contributed by atoms with E-state index in [-0.39, 0.29) is 18.2 Å². The Morgan fingerprint density at radius 1 is 1.58 bits per heavy atom. The van der Waals surface area contributed by atoms with Crippen molar-refractivity contribution < 1.29 is 9.53 Å². The van der Waals surface area contributed by atoms with Gasteiger partial charge in [0.15, 0.2) is 0 Å². The number of aryl methyl sites for hydroxylation is 1. The van der Waals surface area contributed by atoms with E-state index >= 15 is 0 Å². The van der Waals surface area contributed by atoms with E-state index in [1.165, 1.54) is 0 Å². The number of rotatable bonds is 2. The fourth-order valence-corrected chi connectivity index (χ4v) is 2.27. The first kappa shape index (κ1) is 13.9. The van der Waals surface area contributed by atoms with E-state index in [9.17, 15) is 4.79 Å². The van der Waals surface area contributed by atoms with Crippen LogP contribution in [-0.2, 0) is 11.8 Å². The van der Waals surface area contributed by atoms with E-state index in [4.69, 9.17) is 4.74 Å². The second kappa shape index (κ2) is 5.21. The van der Waals surface area contributed by atoms with Crippen molar-refractivity contribution in [2.24, 2.45) is 7.05 Å². The van der Waals surface area contributed by atoms with Crippen LogP contribution in [0.2, 0.25) is 0 Å². The minimum absolute atomic E-state index is 0.0101. The number of ether oxygens (including phenoxy) is 1. The molecule has 0 aliphatic carbocycles. The van der Waals surface area contributed by atoms with Crippen LogP contribution in [0, 0.1) is 0 Å². The number of carbonyl (C=O) groups excluding carboxylic acids is 1. The summed E-state index contributed by atoms with van der Waals surface area (Å²) in [7, 11) is 1.95. The Labute approximate surface area is 113 Å². The van der Waals surface area contributed by atoms with E-state index in [0.717, 1.165) is 18.8 Å². The summed E-state index contributed by atoms with van der Waals surface area (Å²) >= 11 is 0. The van der Waals surface area contributed by atoms with Crippen LogP contribution in [0.5, 0.6) is 0 Å². The van der Waals surface area contributed by atoms with Gasteiger partial charge in [-0.15, -0.1) is 0 Å². The molecule has 0 unspecified atom stereocenters. The summed E-state index contributed by atoms with van der Waals surface area (Å²) in [5, 5.41) is 6.29. The van der Waals surface area contributed by atoms with Gasteiger partial charge < -0.3 is 19.9 Å². The summed E-state index contributed by atoms with van der Waals surface area (Å²) in [6.07, 6.45) is 4.16. The predicted octanol–water partition coefficient (Wildman–Crippen LogP) is 1.35. The molecule has 0 aromatic carbocycles. The van der Waals surface area contributed by atoms with Gasteiger partial charge >= 0.3 is 6.09 Å². The summed E-state index contributed by atoms with van der Waals surface area (Å²) in [4.78, 5) is 16.2. The maximum Gasteiger partial charge on any atom is 0.407 e. The van der Waals surface area contributed by atoms with Gasteiger partial charge in [-0.05, 0) is 33.7 Å². The SMILES string of the molecule is Cn1ccnc1[C@@H]1NCC[C@H]1NC(=O)OC(C)(C)C. The van der Waals surface area contributed by atoms with Gasteiger partial charge in [0, 0.05) is 19.4 Å². The molecule has 1 aliphatic rings. The van der Waals surface area contributed by atoms with Gasteiger partial charge in [0.25, 0.3) is 0 Å². The van der Waals surface area contributed by atoms with Crippen LogP contribution < -0.4 is 10.6 Å². The standard InChI is InChI=1S/C13H22N4O2/c1-13(2,3)19-12(18)16-9-5-6-14-10(9)11-15-7-8-17(11)4/h7-10,14H,5-6H2,1-4H3,(H,16,18)/t9-,10-/m1/s1. The van der Waals surface area contributed by atoms with Crippen LogP contribution in [0.25, 0.3) is 0 Å². The van der Waals surface area contributed by atoms with Gasteiger partial charge in [0.1, 0.15) is 11.4 Å². The first-order chi connectivity index (χ1) is 8.87. The number of hydrogen-bond acceptors (Lipinski definition) is 4. The van der Waals surface area contributed by atoms with Crippen molar-refractivity contribution in [3.8, 4) is 0 Å². The van der Waals surface area contributed by atoms with Crippen molar-refractivity contribution in [1.82, 2.24) is 20.2 Å².